The Morgan fingerprint density at radius 3 is 3.25 bits per heavy atom. The first-order valence-corrected chi connectivity index (χ1v) is 6.22. The zero-order valence-corrected chi connectivity index (χ0v) is 9.87. The predicted molar refractivity (Wildman–Crippen MR) is 68.2 cm³/mol. The number of hydrogen-bond acceptors (Lipinski definition) is 4. The number of aromatic nitrogens is 1. The molecule has 0 radical (unpaired) electrons. The van der Waals surface area contributed by atoms with Gasteiger partial charge in [0.25, 0.3) is 0 Å². The van der Waals surface area contributed by atoms with E-state index in [9.17, 15) is 0 Å². The van der Waals surface area contributed by atoms with Gasteiger partial charge < -0.3 is 10.2 Å². The molecule has 3 heterocycles. The van der Waals surface area contributed by atoms with E-state index in [1.807, 2.05) is 18.5 Å². The highest BCUT2D eigenvalue weighted by Crippen LogP contribution is 2.37. The molecular formula is C12H13N3S. The zero-order valence-electron chi connectivity index (χ0n) is 9.05. The quantitative estimate of drug-likeness (QED) is 0.818. The summed E-state index contributed by atoms with van der Waals surface area (Å²) >= 11 is 1.74. The molecule has 3 rings (SSSR count). The molecule has 1 N–H and O–H groups in total. The Bertz CT molecular complexity index is 480. The molecule has 1 unspecified atom stereocenters. The van der Waals surface area contributed by atoms with Crippen LogP contribution in [0, 0.1) is 0 Å². The second-order valence-electron chi connectivity index (χ2n) is 4.03. The second kappa shape index (κ2) is 3.79. The van der Waals surface area contributed by atoms with E-state index in [0.29, 0.717) is 6.04 Å². The molecule has 0 aliphatic carbocycles. The van der Waals surface area contributed by atoms with Crippen molar-refractivity contribution < 1.29 is 0 Å². The van der Waals surface area contributed by atoms with Gasteiger partial charge in [-0.3, -0.25) is 4.98 Å². The van der Waals surface area contributed by atoms with E-state index in [2.05, 4.69) is 39.1 Å². The predicted octanol–water partition coefficient (Wildman–Crippen LogP) is 2.75. The maximum atomic E-state index is 4.17. The average Bonchev–Trinajstić information content (AvgIpc) is 2.79. The highest BCUT2D eigenvalue weighted by molar-refractivity contribution is 7.09. The van der Waals surface area contributed by atoms with Crippen LogP contribution in [0.15, 0.2) is 35.3 Å². The topological polar surface area (TPSA) is 28.2 Å². The van der Waals surface area contributed by atoms with Gasteiger partial charge in [0.2, 0.25) is 0 Å². The van der Waals surface area contributed by atoms with Gasteiger partial charge >= 0.3 is 0 Å². The second-order valence-corrected chi connectivity index (χ2v) is 4.78. The van der Waals surface area contributed by atoms with Crippen molar-refractivity contribution in [3.05, 3.63) is 40.8 Å². The Labute approximate surface area is 98.7 Å². The fourth-order valence-electron chi connectivity index (χ4n) is 2.07. The van der Waals surface area contributed by atoms with Crippen LogP contribution >= 0.6 is 11.3 Å². The van der Waals surface area contributed by atoms with E-state index < -0.39 is 0 Å². The Balaban J connectivity index is 1.92. The number of thiophene rings is 1. The lowest BCUT2D eigenvalue weighted by molar-refractivity contribution is 0.724. The van der Waals surface area contributed by atoms with Crippen molar-refractivity contribution in [3.63, 3.8) is 0 Å². The maximum absolute atomic E-state index is 4.17. The highest BCUT2D eigenvalue weighted by Gasteiger charge is 2.23. The number of nitrogens with zero attached hydrogens (tertiary/aromatic N) is 2. The number of nitrogens with one attached hydrogen (secondary N) is 1. The summed E-state index contributed by atoms with van der Waals surface area (Å²) in [6.45, 7) is 0.982. The molecule has 3 nitrogen and oxygen atoms in total. The minimum absolute atomic E-state index is 0.334. The minimum atomic E-state index is 0.334. The Morgan fingerprint density at radius 2 is 2.44 bits per heavy atom. The lowest BCUT2D eigenvalue weighted by atomic mass is 10.1. The molecule has 4 heteroatoms. The molecule has 2 aromatic heterocycles. The molecule has 1 aliphatic heterocycles. The van der Waals surface area contributed by atoms with Crippen molar-refractivity contribution in [2.75, 3.05) is 23.8 Å². The molecule has 0 aromatic carbocycles. The Morgan fingerprint density at radius 1 is 1.50 bits per heavy atom. The summed E-state index contributed by atoms with van der Waals surface area (Å²) in [5, 5.41) is 7.90. The molecule has 0 bridgehead atoms. The molecule has 1 atom stereocenters. The first-order valence-electron chi connectivity index (χ1n) is 5.28. The summed E-state index contributed by atoms with van der Waals surface area (Å²) in [6, 6.07) is 4.44. The van der Waals surface area contributed by atoms with Crippen LogP contribution in [-0.4, -0.2) is 18.6 Å². The first kappa shape index (κ1) is 9.66. The summed E-state index contributed by atoms with van der Waals surface area (Å²) in [6.07, 6.45) is 3.74. The Kier molecular flexibility index (Phi) is 2.29. The highest BCUT2D eigenvalue weighted by atomic mass is 32.1. The van der Waals surface area contributed by atoms with E-state index in [1.165, 1.54) is 16.9 Å². The molecular weight excluding hydrogens is 218 g/mol. The third-order valence-corrected chi connectivity index (χ3v) is 3.66. The van der Waals surface area contributed by atoms with Crippen molar-refractivity contribution in [2.24, 2.45) is 0 Å². The first-order chi connectivity index (χ1) is 7.84. The minimum Gasteiger partial charge on any atom is -0.374 e. The molecule has 82 valence electrons. The number of pyridine rings is 1. The summed E-state index contributed by atoms with van der Waals surface area (Å²) < 4.78 is 0. The van der Waals surface area contributed by atoms with Crippen molar-refractivity contribution in [1.82, 2.24) is 4.98 Å². The smallest absolute Gasteiger partial charge is 0.0709 e. The van der Waals surface area contributed by atoms with Gasteiger partial charge in [-0.15, -0.1) is 11.3 Å². The molecule has 0 saturated carbocycles. The van der Waals surface area contributed by atoms with E-state index >= 15 is 0 Å². The molecule has 0 saturated heterocycles. The van der Waals surface area contributed by atoms with Crippen LogP contribution in [0.3, 0.4) is 0 Å². The van der Waals surface area contributed by atoms with Crippen LogP contribution in [0.1, 0.15) is 11.6 Å². The maximum Gasteiger partial charge on any atom is 0.0709 e. The number of hydrogen-bond donors (Lipinski definition) is 1. The van der Waals surface area contributed by atoms with Crippen molar-refractivity contribution >= 4 is 22.7 Å². The van der Waals surface area contributed by atoms with Gasteiger partial charge in [-0.2, -0.15) is 0 Å². The van der Waals surface area contributed by atoms with Crippen LogP contribution < -0.4 is 10.2 Å². The monoisotopic (exact) mass is 231 g/mol. The van der Waals surface area contributed by atoms with Crippen molar-refractivity contribution in [2.45, 2.75) is 6.04 Å². The molecule has 1 aliphatic rings. The normalized spacial score (nSPS) is 19.1. The fourth-order valence-corrected chi connectivity index (χ4v) is 2.90. The number of anilines is 2. The third-order valence-electron chi connectivity index (χ3n) is 2.93. The summed E-state index contributed by atoms with van der Waals surface area (Å²) in [5.41, 5.74) is 3.77. The summed E-state index contributed by atoms with van der Waals surface area (Å²) in [7, 11) is 2.13. The molecule has 0 fully saturated rings. The summed E-state index contributed by atoms with van der Waals surface area (Å²) in [4.78, 5) is 6.46. The molecule has 2 aromatic rings. The van der Waals surface area contributed by atoms with E-state index in [4.69, 9.17) is 0 Å². The lowest BCUT2D eigenvalue weighted by Crippen LogP contribution is -2.32. The third kappa shape index (κ3) is 1.55. The van der Waals surface area contributed by atoms with Gasteiger partial charge in [0.05, 0.1) is 17.4 Å². The van der Waals surface area contributed by atoms with Crippen LogP contribution in [0.2, 0.25) is 0 Å². The number of fused-ring (bicyclic) bond motifs is 1. The van der Waals surface area contributed by atoms with Gasteiger partial charge in [-0.1, -0.05) is 6.07 Å². The van der Waals surface area contributed by atoms with E-state index in [-0.39, 0.29) is 0 Å². The molecule has 16 heavy (non-hydrogen) atoms. The fraction of sp³-hybridized carbons (Fsp3) is 0.250. The van der Waals surface area contributed by atoms with Crippen LogP contribution in [0.4, 0.5) is 11.4 Å². The number of rotatable bonds is 1. The standard InChI is InChI=1S/C12H13N3S/c1-15-6-10(9-3-2-4-13-5-9)14-11-7-16-8-12(11)15/h2-5,7-8,10,14H,6H2,1H3. The van der Waals surface area contributed by atoms with Crippen LogP contribution in [0.25, 0.3) is 0 Å². The molecule has 0 amide bonds. The van der Waals surface area contributed by atoms with Crippen LogP contribution in [0.5, 0.6) is 0 Å². The lowest BCUT2D eigenvalue weighted by Gasteiger charge is -2.33. The van der Waals surface area contributed by atoms with Crippen LogP contribution in [-0.2, 0) is 0 Å². The number of likely N-dealkylation sites (N-methyl/N-ethyl adjacent to an activating group) is 1. The van der Waals surface area contributed by atoms with Crippen molar-refractivity contribution in [1.29, 1.82) is 0 Å². The van der Waals surface area contributed by atoms with Gasteiger partial charge in [0.15, 0.2) is 0 Å². The van der Waals surface area contributed by atoms with Gasteiger partial charge in [-0.05, 0) is 11.6 Å². The van der Waals surface area contributed by atoms with Crippen molar-refractivity contribution in [3.8, 4) is 0 Å². The van der Waals surface area contributed by atoms with Gasteiger partial charge in [0, 0.05) is 36.7 Å². The average molecular weight is 231 g/mol. The molecule has 0 spiro atoms. The Hall–Kier alpha value is -1.55. The van der Waals surface area contributed by atoms with E-state index in [1.54, 1.807) is 11.3 Å². The SMILES string of the molecule is CN1CC(c2cccnc2)Nc2cscc21. The summed E-state index contributed by atoms with van der Waals surface area (Å²) in [5.74, 6) is 0. The largest absolute Gasteiger partial charge is 0.374 e. The zero-order chi connectivity index (χ0) is 11.0. The van der Waals surface area contributed by atoms with E-state index in [0.717, 1.165) is 6.54 Å². The van der Waals surface area contributed by atoms with Gasteiger partial charge in [0.1, 0.15) is 0 Å². The van der Waals surface area contributed by atoms with Gasteiger partial charge in [-0.25, -0.2) is 0 Å².